The van der Waals surface area contributed by atoms with Crippen molar-refractivity contribution in [3.8, 4) is 5.69 Å². The van der Waals surface area contributed by atoms with E-state index < -0.39 is 0 Å². The highest BCUT2D eigenvalue weighted by atomic mass is 35.5. The fraction of sp³-hybridized carbons (Fsp3) is 0.364. The van der Waals surface area contributed by atoms with Crippen LogP contribution in [0.2, 0.25) is 0 Å². The summed E-state index contributed by atoms with van der Waals surface area (Å²) >= 11 is 5.77. The van der Waals surface area contributed by atoms with Crippen LogP contribution in [0.1, 0.15) is 6.92 Å². The molecule has 1 heterocycles. The Morgan fingerprint density at radius 2 is 2.06 bits per heavy atom. The highest BCUT2D eigenvalue weighted by molar-refractivity contribution is 6.18. The van der Waals surface area contributed by atoms with E-state index in [2.05, 4.69) is 22.4 Å². The van der Waals surface area contributed by atoms with Gasteiger partial charge < -0.3 is 4.90 Å². The molecule has 0 aliphatic carbocycles. The molecule has 0 atom stereocenters. The highest BCUT2D eigenvalue weighted by Gasteiger charge is 2.13. The Balaban J connectivity index is 2.34. The fourth-order valence-corrected chi connectivity index (χ4v) is 1.82. The molecule has 1 aromatic heterocycles. The molecule has 6 heteroatoms. The molecular weight excluding hydrogens is 238 g/mol. The molecule has 0 aliphatic rings. The van der Waals surface area contributed by atoms with Crippen LogP contribution in [0.5, 0.6) is 0 Å². The Morgan fingerprint density at radius 3 is 2.71 bits per heavy atom. The number of para-hydroxylation sites is 1. The lowest BCUT2D eigenvalue weighted by molar-refractivity contribution is 0.760. The van der Waals surface area contributed by atoms with Gasteiger partial charge in [0.1, 0.15) is 0 Å². The second kappa shape index (κ2) is 5.63. The first-order chi connectivity index (χ1) is 8.36. The summed E-state index contributed by atoms with van der Waals surface area (Å²) in [7, 11) is 0. The number of hydrogen-bond donors (Lipinski definition) is 0. The molecule has 0 aliphatic heterocycles. The second-order valence-corrected chi connectivity index (χ2v) is 3.87. The standard InChI is InChI=1S/C11H14ClN5/c1-2-16(9-8-12)11-13-14-15-17(11)10-6-4-3-5-7-10/h3-7H,2,8-9H2,1H3. The van der Waals surface area contributed by atoms with Gasteiger partial charge in [-0.1, -0.05) is 23.3 Å². The van der Waals surface area contributed by atoms with Crippen molar-refractivity contribution >= 4 is 17.5 Å². The summed E-state index contributed by atoms with van der Waals surface area (Å²) in [5, 5.41) is 11.8. The van der Waals surface area contributed by atoms with Crippen LogP contribution < -0.4 is 4.90 Å². The minimum Gasteiger partial charge on any atom is -0.338 e. The van der Waals surface area contributed by atoms with Gasteiger partial charge in [0, 0.05) is 19.0 Å². The van der Waals surface area contributed by atoms with Crippen molar-refractivity contribution in [3.05, 3.63) is 30.3 Å². The summed E-state index contributed by atoms with van der Waals surface area (Å²) < 4.78 is 1.72. The van der Waals surface area contributed by atoms with Gasteiger partial charge in [0.2, 0.25) is 5.95 Å². The maximum Gasteiger partial charge on any atom is 0.250 e. The van der Waals surface area contributed by atoms with E-state index in [1.807, 2.05) is 35.2 Å². The van der Waals surface area contributed by atoms with Crippen molar-refractivity contribution < 1.29 is 0 Å². The number of benzene rings is 1. The molecule has 0 amide bonds. The molecule has 1 aromatic carbocycles. The lowest BCUT2D eigenvalue weighted by atomic mass is 10.3. The third-order valence-corrected chi connectivity index (χ3v) is 2.64. The van der Waals surface area contributed by atoms with E-state index in [4.69, 9.17) is 11.6 Å². The summed E-state index contributed by atoms with van der Waals surface area (Å²) in [6, 6.07) is 9.81. The molecule has 90 valence electrons. The van der Waals surface area contributed by atoms with Gasteiger partial charge in [-0.05, 0) is 29.5 Å². The zero-order valence-electron chi connectivity index (χ0n) is 9.62. The van der Waals surface area contributed by atoms with Crippen LogP contribution in [-0.2, 0) is 0 Å². The number of hydrogen-bond acceptors (Lipinski definition) is 4. The Labute approximate surface area is 105 Å². The molecule has 0 N–H and O–H groups in total. The van der Waals surface area contributed by atoms with Crippen molar-refractivity contribution in [2.24, 2.45) is 0 Å². The summed E-state index contributed by atoms with van der Waals surface area (Å²) in [6.45, 7) is 3.60. The molecule has 0 spiro atoms. The van der Waals surface area contributed by atoms with Gasteiger partial charge in [0.15, 0.2) is 0 Å². The molecule has 0 unspecified atom stereocenters. The number of aromatic nitrogens is 4. The monoisotopic (exact) mass is 251 g/mol. The molecule has 0 radical (unpaired) electrons. The van der Waals surface area contributed by atoms with Crippen LogP contribution in [0.4, 0.5) is 5.95 Å². The van der Waals surface area contributed by atoms with E-state index in [0.717, 1.165) is 24.7 Å². The first-order valence-electron chi connectivity index (χ1n) is 5.51. The van der Waals surface area contributed by atoms with Crippen LogP contribution in [-0.4, -0.2) is 39.2 Å². The Kier molecular flexibility index (Phi) is 3.93. The van der Waals surface area contributed by atoms with Gasteiger partial charge in [0.05, 0.1) is 5.69 Å². The molecule has 0 fully saturated rings. The molecular formula is C11H14ClN5. The lowest BCUT2D eigenvalue weighted by Gasteiger charge is -2.19. The lowest BCUT2D eigenvalue weighted by Crippen LogP contribution is -2.28. The van der Waals surface area contributed by atoms with Crippen LogP contribution in [0, 0.1) is 0 Å². The van der Waals surface area contributed by atoms with Gasteiger partial charge in [0.25, 0.3) is 0 Å². The van der Waals surface area contributed by atoms with E-state index in [1.165, 1.54) is 0 Å². The summed E-state index contributed by atoms with van der Waals surface area (Å²) in [5.74, 6) is 1.27. The number of nitrogens with zero attached hydrogens (tertiary/aromatic N) is 5. The SMILES string of the molecule is CCN(CCCl)c1nnnn1-c1ccccc1. The van der Waals surface area contributed by atoms with Gasteiger partial charge in [-0.25, -0.2) is 0 Å². The maximum absolute atomic E-state index is 5.77. The van der Waals surface area contributed by atoms with Gasteiger partial charge in [-0.3, -0.25) is 0 Å². The van der Waals surface area contributed by atoms with Gasteiger partial charge in [-0.2, -0.15) is 4.68 Å². The molecule has 2 aromatic rings. The zero-order valence-corrected chi connectivity index (χ0v) is 10.4. The summed E-state index contributed by atoms with van der Waals surface area (Å²) in [5.41, 5.74) is 0.945. The Hall–Kier alpha value is -1.62. The normalized spacial score (nSPS) is 10.5. The average molecular weight is 252 g/mol. The number of anilines is 1. The van der Waals surface area contributed by atoms with E-state index in [-0.39, 0.29) is 0 Å². The third-order valence-electron chi connectivity index (χ3n) is 2.47. The highest BCUT2D eigenvalue weighted by Crippen LogP contribution is 2.14. The van der Waals surface area contributed by atoms with Crippen LogP contribution in [0.25, 0.3) is 5.69 Å². The number of rotatable bonds is 5. The van der Waals surface area contributed by atoms with Crippen molar-refractivity contribution in [3.63, 3.8) is 0 Å². The van der Waals surface area contributed by atoms with Crippen molar-refractivity contribution in [2.75, 3.05) is 23.9 Å². The van der Waals surface area contributed by atoms with Gasteiger partial charge in [-0.15, -0.1) is 11.6 Å². The second-order valence-electron chi connectivity index (χ2n) is 3.49. The predicted molar refractivity (Wildman–Crippen MR) is 67.8 cm³/mol. The van der Waals surface area contributed by atoms with Crippen molar-refractivity contribution in [1.82, 2.24) is 20.2 Å². The van der Waals surface area contributed by atoms with Crippen molar-refractivity contribution in [1.29, 1.82) is 0 Å². The number of tetrazole rings is 1. The molecule has 17 heavy (non-hydrogen) atoms. The third kappa shape index (κ3) is 2.55. The van der Waals surface area contributed by atoms with Crippen LogP contribution >= 0.6 is 11.6 Å². The van der Waals surface area contributed by atoms with E-state index >= 15 is 0 Å². The zero-order chi connectivity index (χ0) is 12.1. The minimum atomic E-state index is 0.551. The van der Waals surface area contributed by atoms with Crippen LogP contribution in [0.3, 0.4) is 0 Å². The summed E-state index contributed by atoms with van der Waals surface area (Å²) in [4.78, 5) is 2.04. The number of halogens is 1. The topological polar surface area (TPSA) is 46.8 Å². The molecule has 0 bridgehead atoms. The molecule has 2 rings (SSSR count). The van der Waals surface area contributed by atoms with E-state index in [1.54, 1.807) is 4.68 Å². The average Bonchev–Trinajstić information content (AvgIpc) is 2.86. The largest absolute Gasteiger partial charge is 0.338 e. The quantitative estimate of drug-likeness (QED) is 0.760. The first-order valence-corrected chi connectivity index (χ1v) is 6.05. The Morgan fingerprint density at radius 1 is 1.29 bits per heavy atom. The first kappa shape index (κ1) is 11.9. The smallest absolute Gasteiger partial charge is 0.250 e. The fourth-order valence-electron chi connectivity index (χ4n) is 1.62. The maximum atomic E-state index is 5.77. The summed E-state index contributed by atoms with van der Waals surface area (Å²) in [6.07, 6.45) is 0. The Bertz CT molecular complexity index is 456. The van der Waals surface area contributed by atoms with Crippen LogP contribution in [0.15, 0.2) is 30.3 Å². The predicted octanol–water partition coefficient (Wildman–Crippen LogP) is 1.73. The molecule has 0 saturated carbocycles. The van der Waals surface area contributed by atoms with Crippen molar-refractivity contribution in [2.45, 2.75) is 6.92 Å². The van der Waals surface area contributed by atoms with E-state index in [0.29, 0.717) is 5.88 Å². The molecule has 5 nitrogen and oxygen atoms in total. The number of alkyl halides is 1. The van der Waals surface area contributed by atoms with E-state index in [9.17, 15) is 0 Å². The minimum absolute atomic E-state index is 0.551. The molecule has 0 saturated heterocycles. The van der Waals surface area contributed by atoms with Gasteiger partial charge >= 0.3 is 0 Å².